The fraction of sp³-hybridized carbons (Fsp3) is 1.00. The number of rotatable bonds is 5. The minimum absolute atomic E-state index is 0.000210. The Morgan fingerprint density at radius 1 is 1.41 bits per heavy atom. The predicted molar refractivity (Wildman–Crippen MR) is 67.0 cm³/mol. The van der Waals surface area contributed by atoms with Crippen LogP contribution in [0.15, 0.2) is 0 Å². The highest BCUT2D eigenvalue weighted by Crippen LogP contribution is 2.45. The standard InChI is InChI=1S/C14H26O3/c1-3-12(16-4-2)13(15)11-6-9-17-14(10-11)7-5-8-14/h11-13,15H,3-10H2,1-2H3. The van der Waals surface area contributed by atoms with Crippen molar-refractivity contribution in [2.45, 2.75) is 70.2 Å². The van der Waals surface area contributed by atoms with E-state index in [-0.39, 0.29) is 17.8 Å². The van der Waals surface area contributed by atoms with E-state index in [2.05, 4.69) is 6.92 Å². The van der Waals surface area contributed by atoms with Crippen molar-refractivity contribution >= 4 is 0 Å². The van der Waals surface area contributed by atoms with Gasteiger partial charge < -0.3 is 14.6 Å². The van der Waals surface area contributed by atoms with Crippen molar-refractivity contribution in [2.24, 2.45) is 5.92 Å². The second kappa shape index (κ2) is 5.68. The van der Waals surface area contributed by atoms with Gasteiger partial charge in [-0.1, -0.05) is 6.92 Å². The molecule has 0 amide bonds. The van der Waals surface area contributed by atoms with Crippen molar-refractivity contribution in [3.63, 3.8) is 0 Å². The van der Waals surface area contributed by atoms with Crippen LogP contribution in [0.5, 0.6) is 0 Å². The van der Waals surface area contributed by atoms with Gasteiger partial charge in [-0.3, -0.25) is 0 Å². The van der Waals surface area contributed by atoms with E-state index >= 15 is 0 Å². The van der Waals surface area contributed by atoms with Crippen LogP contribution in [0.1, 0.15) is 52.4 Å². The molecule has 1 spiro atoms. The lowest BCUT2D eigenvalue weighted by atomic mass is 9.70. The van der Waals surface area contributed by atoms with Gasteiger partial charge in [-0.15, -0.1) is 0 Å². The van der Waals surface area contributed by atoms with E-state index in [9.17, 15) is 5.11 Å². The molecular formula is C14H26O3. The van der Waals surface area contributed by atoms with Crippen molar-refractivity contribution in [1.29, 1.82) is 0 Å². The summed E-state index contributed by atoms with van der Waals surface area (Å²) in [4.78, 5) is 0. The van der Waals surface area contributed by atoms with Crippen molar-refractivity contribution in [2.75, 3.05) is 13.2 Å². The van der Waals surface area contributed by atoms with Gasteiger partial charge in [0.05, 0.1) is 17.8 Å². The molecule has 0 bridgehead atoms. The molecule has 1 N–H and O–H groups in total. The Balaban J connectivity index is 1.91. The predicted octanol–water partition coefficient (Wildman–Crippen LogP) is 2.51. The second-order valence-electron chi connectivity index (χ2n) is 5.53. The summed E-state index contributed by atoms with van der Waals surface area (Å²) in [5, 5.41) is 10.4. The summed E-state index contributed by atoms with van der Waals surface area (Å²) < 4.78 is 11.5. The number of ether oxygens (including phenoxy) is 2. The van der Waals surface area contributed by atoms with E-state index in [1.165, 1.54) is 19.3 Å². The van der Waals surface area contributed by atoms with Gasteiger partial charge in [-0.2, -0.15) is 0 Å². The molecule has 2 rings (SSSR count). The Hall–Kier alpha value is -0.120. The highest BCUT2D eigenvalue weighted by atomic mass is 16.5. The van der Waals surface area contributed by atoms with Crippen molar-refractivity contribution < 1.29 is 14.6 Å². The van der Waals surface area contributed by atoms with Gasteiger partial charge in [-0.25, -0.2) is 0 Å². The molecule has 3 unspecified atom stereocenters. The Bertz CT molecular complexity index is 238. The lowest BCUT2D eigenvalue weighted by Crippen LogP contribution is -2.49. The van der Waals surface area contributed by atoms with E-state index in [4.69, 9.17) is 9.47 Å². The summed E-state index contributed by atoms with van der Waals surface area (Å²) >= 11 is 0. The minimum atomic E-state index is -0.318. The average molecular weight is 242 g/mol. The second-order valence-corrected chi connectivity index (χ2v) is 5.53. The molecule has 1 heterocycles. The first-order valence-corrected chi connectivity index (χ1v) is 7.14. The van der Waals surface area contributed by atoms with Crippen molar-refractivity contribution in [3.8, 4) is 0 Å². The zero-order chi connectivity index (χ0) is 12.3. The first kappa shape index (κ1) is 13.3. The molecule has 0 aromatic rings. The number of aliphatic hydroxyl groups is 1. The summed E-state index contributed by atoms with van der Waals surface area (Å²) in [6.45, 7) is 5.57. The Labute approximate surface area is 104 Å². The highest BCUT2D eigenvalue weighted by Gasteiger charge is 2.45. The van der Waals surface area contributed by atoms with Crippen LogP contribution in [-0.4, -0.2) is 36.1 Å². The molecule has 3 nitrogen and oxygen atoms in total. The van der Waals surface area contributed by atoms with Crippen LogP contribution in [0, 0.1) is 5.92 Å². The van der Waals surface area contributed by atoms with Gasteiger partial charge in [0.25, 0.3) is 0 Å². The maximum absolute atomic E-state index is 10.4. The largest absolute Gasteiger partial charge is 0.390 e. The summed E-state index contributed by atoms with van der Waals surface area (Å²) in [6, 6.07) is 0. The number of aliphatic hydroxyl groups excluding tert-OH is 1. The fourth-order valence-electron chi connectivity index (χ4n) is 3.25. The third-order valence-corrected chi connectivity index (χ3v) is 4.44. The molecular weight excluding hydrogens is 216 g/mol. The molecule has 1 saturated carbocycles. The molecule has 0 radical (unpaired) electrons. The van der Waals surface area contributed by atoms with E-state index in [0.29, 0.717) is 12.5 Å². The third kappa shape index (κ3) is 2.83. The highest BCUT2D eigenvalue weighted by molar-refractivity contribution is 4.96. The molecule has 100 valence electrons. The summed E-state index contributed by atoms with van der Waals surface area (Å²) in [5.41, 5.74) is 0.119. The molecule has 2 aliphatic rings. The minimum Gasteiger partial charge on any atom is -0.390 e. The maximum Gasteiger partial charge on any atom is 0.0833 e. The van der Waals surface area contributed by atoms with E-state index in [0.717, 1.165) is 25.9 Å². The Morgan fingerprint density at radius 2 is 2.18 bits per heavy atom. The molecule has 0 aromatic heterocycles. The summed E-state index contributed by atoms with van der Waals surface area (Å²) in [5.74, 6) is 0.362. The summed E-state index contributed by atoms with van der Waals surface area (Å²) in [7, 11) is 0. The Morgan fingerprint density at radius 3 is 2.71 bits per heavy atom. The molecule has 1 aliphatic heterocycles. The van der Waals surface area contributed by atoms with E-state index < -0.39 is 0 Å². The lowest BCUT2D eigenvalue weighted by molar-refractivity contribution is -0.169. The first-order chi connectivity index (χ1) is 8.21. The van der Waals surface area contributed by atoms with Crippen molar-refractivity contribution in [3.05, 3.63) is 0 Å². The fourth-order valence-corrected chi connectivity index (χ4v) is 3.25. The van der Waals surface area contributed by atoms with Crippen LogP contribution in [0.2, 0.25) is 0 Å². The van der Waals surface area contributed by atoms with Crippen LogP contribution in [-0.2, 0) is 9.47 Å². The summed E-state index contributed by atoms with van der Waals surface area (Å²) in [6.07, 6.45) is 6.22. The molecule has 0 aromatic carbocycles. The van der Waals surface area contributed by atoms with Gasteiger partial charge in [0.2, 0.25) is 0 Å². The van der Waals surface area contributed by atoms with Crippen LogP contribution in [0.3, 0.4) is 0 Å². The van der Waals surface area contributed by atoms with E-state index in [1.54, 1.807) is 0 Å². The van der Waals surface area contributed by atoms with Crippen LogP contribution in [0.4, 0.5) is 0 Å². The maximum atomic E-state index is 10.4. The van der Waals surface area contributed by atoms with Crippen molar-refractivity contribution in [1.82, 2.24) is 0 Å². The number of hydrogen-bond donors (Lipinski definition) is 1. The molecule has 3 heteroatoms. The normalized spacial score (nSPS) is 30.9. The zero-order valence-electron chi connectivity index (χ0n) is 11.2. The smallest absolute Gasteiger partial charge is 0.0833 e. The van der Waals surface area contributed by atoms with Gasteiger partial charge >= 0.3 is 0 Å². The van der Waals surface area contributed by atoms with Gasteiger partial charge in [0, 0.05) is 13.2 Å². The lowest BCUT2D eigenvalue weighted by Gasteiger charge is -2.48. The van der Waals surface area contributed by atoms with Gasteiger partial charge in [0.15, 0.2) is 0 Å². The third-order valence-electron chi connectivity index (χ3n) is 4.44. The van der Waals surface area contributed by atoms with E-state index in [1.807, 2.05) is 6.92 Å². The van der Waals surface area contributed by atoms with Gasteiger partial charge in [0.1, 0.15) is 0 Å². The van der Waals surface area contributed by atoms with Crippen LogP contribution in [0.25, 0.3) is 0 Å². The monoisotopic (exact) mass is 242 g/mol. The molecule has 1 aliphatic carbocycles. The first-order valence-electron chi connectivity index (χ1n) is 7.14. The SMILES string of the molecule is CCOC(CC)C(O)C1CCOC2(CCC2)C1. The molecule has 3 atom stereocenters. The molecule has 2 fully saturated rings. The van der Waals surface area contributed by atoms with Gasteiger partial charge in [-0.05, 0) is 51.4 Å². The molecule has 1 saturated heterocycles. The zero-order valence-corrected chi connectivity index (χ0v) is 11.2. The Kier molecular flexibility index (Phi) is 4.45. The number of hydrogen-bond acceptors (Lipinski definition) is 3. The van der Waals surface area contributed by atoms with Crippen LogP contribution < -0.4 is 0 Å². The van der Waals surface area contributed by atoms with Crippen LogP contribution >= 0.6 is 0 Å². The average Bonchev–Trinajstić information content (AvgIpc) is 2.33. The quantitative estimate of drug-likeness (QED) is 0.805. The topological polar surface area (TPSA) is 38.7 Å². The molecule has 17 heavy (non-hydrogen) atoms.